The summed E-state index contributed by atoms with van der Waals surface area (Å²) in [4.78, 5) is 15.2. The van der Waals surface area contributed by atoms with Gasteiger partial charge in [0.2, 0.25) is 5.91 Å². The summed E-state index contributed by atoms with van der Waals surface area (Å²) in [6, 6.07) is 4.06. The molecule has 3 fully saturated rings. The molecule has 1 amide bonds. The second kappa shape index (κ2) is 6.52. The summed E-state index contributed by atoms with van der Waals surface area (Å²) >= 11 is 0. The molecule has 1 aromatic heterocycles. The second-order valence-corrected chi connectivity index (χ2v) is 7.90. The van der Waals surface area contributed by atoms with E-state index in [4.69, 9.17) is 9.15 Å². The number of nitrogens with zero attached hydrogens (tertiary/aromatic N) is 1. The highest BCUT2D eigenvalue weighted by atomic mass is 16.5. The van der Waals surface area contributed by atoms with E-state index in [9.17, 15) is 4.79 Å². The van der Waals surface area contributed by atoms with Crippen LogP contribution in [0.3, 0.4) is 0 Å². The number of ether oxygens (including phenoxy) is 1. The molecule has 0 aromatic carbocycles. The van der Waals surface area contributed by atoms with Crippen molar-refractivity contribution in [3.8, 4) is 0 Å². The molecule has 132 valence electrons. The van der Waals surface area contributed by atoms with Crippen molar-refractivity contribution in [1.82, 2.24) is 10.2 Å². The summed E-state index contributed by atoms with van der Waals surface area (Å²) in [5, 5.41) is 3.22. The van der Waals surface area contributed by atoms with Crippen molar-refractivity contribution in [2.45, 2.75) is 39.2 Å². The monoisotopic (exact) mass is 332 g/mol. The first kappa shape index (κ1) is 16.2. The molecule has 3 aliphatic rings. The lowest BCUT2D eigenvalue weighted by Crippen LogP contribution is -2.44. The van der Waals surface area contributed by atoms with Crippen LogP contribution in [-0.4, -0.2) is 43.7 Å². The fraction of sp³-hybridized carbons (Fsp3) is 0.737. The second-order valence-electron chi connectivity index (χ2n) is 7.90. The first-order valence-corrected chi connectivity index (χ1v) is 9.28. The van der Waals surface area contributed by atoms with Crippen molar-refractivity contribution in [2.24, 2.45) is 17.3 Å². The van der Waals surface area contributed by atoms with Crippen LogP contribution in [0.1, 0.15) is 37.2 Å². The van der Waals surface area contributed by atoms with Crippen LogP contribution in [0.2, 0.25) is 0 Å². The van der Waals surface area contributed by atoms with Gasteiger partial charge < -0.3 is 14.5 Å². The smallest absolute Gasteiger partial charge is 0.225 e. The normalized spacial score (nSPS) is 26.8. The number of hydrogen-bond acceptors (Lipinski definition) is 4. The highest BCUT2D eigenvalue weighted by Crippen LogP contribution is 2.45. The minimum atomic E-state index is 0.0769. The average Bonchev–Trinajstić information content (AvgIpc) is 3.23. The van der Waals surface area contributed by atoms with Crippen molar-refractivity contribution < 1.29 is 13.9 Å². The molecule has 5 nitrogen and oxygen atoms in total. The number of aryl methyl sites for hydroxylation is 1. The average molecular weight is 332 g/mol. The van der Waals surface area contributed by atoms with E-state index in [2.05, 4.69) is 10.2 Å². The fourth-order valence-electron chi connectivity index (χ4n) is 4.32. The third kappa shape index (κ3) is 3.38. The van der Waals surface area contributed by atoms with E-state index >= 15 is 0 Å². The topological polar surface area (TPSA) is 54.7 Å². The Balaban J connectivity index is 1.45. The number of hydrogen-bond donors (Lipinski definition) is 1. The maximum absolute atomic E-state index is 12.9. The standard InChI is InChI=1S/C19H28N2O3/c1-14-2-5-16(24-14)11-21-12-17(18(22)20-10-15-3-4-15)19(13-21)6-8-23-9-7-19/h2,5,15,17H,3-4,6-13H2,1H3,(H,20,22)/t17-/m0/s1. The summed E-state index contributed by atoms with van der Waals surface area (Å²) in [7, 11) is 0. The maximum Gasteiger partial charge on any atom is 0.225 e. The van der Waals surface area contributed by atoms with Gasteiger partial charge in [-0.2, -0.15) is 0 Å². The van der Waals surface area contributed by atoms with E-state index in [1.165, 1.54) is 12.8 Å². The molecule has 5 heteroatoms. The van der Waals surface area contributed by atoms with E-state index in [1.807, 2.05) is 19.1 Å². The Kier molecular flexibility index (Phi) is 4.39. The molecule has 2 aliphatic heterocycles. The molecule has 2 saturated heterocycles. The van der Waals surface area contributed by atoms with Crippen LogP contribution in [0.15, 0.2) is 16.5 Å². The molecular weight excluding hydrogens is 304 g/mol. The van der Waals surface area contributed by atoms with Gasteiger partial charge in [-0.05, 0) is 50.7 Å². The predicted molar refractivity (Wildman–Crippen MR) is 90.4 cm³/mol. The molecular formula is C19H28N2O3. The molecule has 1 aliphatic carbocycles. The number of amides is 1. The Labute approximate surface area is 143 Å². The summed E-state index contributed by atoms with van der Waals surface area (Å²) in [5.74, 6) is 3.00. The third-order valence-corrected chi connectivity index (χ3v) is 5.96. The van der Waals surface area contributed by atoms with Gasteiger partial charge in [-0.15, -0.1) is 0 Å². The van der Waals surface area contributed by atoms with Gasteiger partial charge in [-0.3, -0.25) is 9.69 Å². The van der Waals surface area contributed by atoms with Crippen molar-refractivity contribution in [3.63, 3.8) is 0 Å². The Morgan fingerprint density at radius 1 is 1.33 bits per heavy atom. The van der Waals surface area contributed by atoms with Crippen LogP contribution in [0.25, 0.3) is 0 Å². The largest absolute Gasteiger partial charge is 0.465 e. The van der Waals surface area contributed by atoms with Gasteiger partial charge in [-0.1, -0.05) is 0 Å². The molecule has 1 saturated carbocycles. The quantitative estimate of drug-likeness (QED) is 0.899. The van der Waals surface area contributed by atoms with Gasteiger partial charge >= 0.3 is 0 Å². The predicted octanol–water partition coefficient (Wildman–Crippen LogP) is 2.34. The lowest BCUT2D eigenvalue weighted by atomic mass is 9.71. The molecule has 24 heavy (non-hydrogen) atoms. The first-order valence-electron chi connectivity index (χ1n) is 9.28. The van der Waals surface area contributed by atoms with Crippen molar-refractivity contribution >= 4 is 5.91 Å². The number of rotatable bonds is 5. The molecule has 1 N–H and O–H groups in total. The van der Waals surface area contributed by atoms with Crippen LogP contribution in [0.5, 0.6) is 0 Å². The Morgan fingerprint density at radius 2 is 2.12 bits per heavy atom. The number of likely N-dealkylation sites (tertiary alicyclic amines) is 1. The van der Waals surface area contributed by atoms with Crippen LogP contribution >= 0.6 is 0 Å². The number of furan rings is 1. The van der Waals surface area contributed by atoms with E-state index in [-0.39, 0.29) is 17.2 Å². The Hall–Kier alpha value is -1.33. The number of carbonyl (C=O) groups is 1. The highest BCUT2D eigenvalue weighted by molar-refractivity contribution is 5.80. The molecule has 3 heterocycles. The zero-order chi connectivity index (χ0) is 16.6. The summed E-state index contributed by atoms with van der Waals surface area (Å²) < 4.78 is 11.3. The van der Waals surface area contributed by atoms with Crippen LogP contribution < -0.4 is 5.32 Å². The number of carbonyl (C=O) groups excluding carboxylic acids is 1. The minimum Gasteiger partial charge on any atom is -0.465 e. The summed E-state index contributed by atoms with van der Waals surface area (Å²) in [5.41, 5.74) is 0.0769. The summed E-state index contributed by atoms with van der Waals surface area (Å²) in [6.45, 7) is 6.98. The molecule has 1 atom stereocenters. The minimum absolute atomic E-state index is 0.0769. The molecule has 0 radical (unpaired) electrons. The SMILES string of the molecule is Cc1ccc(CN2C[C@@H](C(=O)NCC3CC3)C3(CCOCC3)C2)o1. The molecule has 1 spiro atoms. The third-order valence-electron chi connectivity index (χ3n) is 5.96. The van der Waals surface area contributed by atoms with Crippen LogP contribution in [0.4, 0.5) is 0 Å². The zero-order valence-corrected chi connectivity index (χ0v) is 14.6. The maximum atomic E-state index is 12.9. The lowest BCUT2D eigenvalue weighted by molar-refractivity contribution is -0.129. The molecule has 1 aromatic rings. The van der Waals surface area contributed by atoms with Gasteiger partial charge in [0.25, 0.3) is 0 Å². The van der Waals surface area contributed by atoms with Crippen LogP contribution in [-0.2, 0) is 16.1 Å². The van der Waals surface area contributed by atoms with Crippen molar-refractivity contribution in [3.05, 3.63) is 23.7 Å². The van der Waals surface area contributed by atoms with Gasteiger partial charge in [0.05, 0.1) is 12.5 Å². The van der Waals surface area contributed by atoms with Gasteiger partial charge in [-0.25, -0.2) is 0 Å². The van der Waals surface area contributed by atoms with Gasteiger partial charge in [0.1, 0.15) is 11.5 Å². The van der Waals surface area contributed by atoms with Crippen molar-refractivity contribution in [1.29, 1.82) is 0 Å². The van der Waals surface area contributed by atoms with E-state index in [0.717, 1.165) is 69.7 Å². The highest BCUT2D eigenvalue weighted by Gasteiger charge is 2.50. The Morgan fingerprint density at radius 3 is 2.79 bits per heavy atom. The fourth-order valence-corrected chi connectivity index (χ4v) is 4.32. The molecule has 4 rings (SSSR count). The van der Waals surface area contributed by atoms with E-state index in [1.54, 1.807) is 0 Å². The zero-order valence-electron chi connectivity index (χ0n) is 14.6. The van der Waals surface area contributed by atoms with Gasteiger partial charge in [0.15, 0.2) is 0 Å². The van der Waals surface area contributed by atoms with Gasteiger partial charge in [0, 0.05) is 38.3 Å². The number of nitrogens with one attached hydrogen (secondary N) is 1. The lowest BCUT2D eigenvalue weighted by Gasteiger charge is -2.37. The molecule has 0 bridgehead atoms. The van der Waals surface area contributed by atoms with E-state index < -0.39 is 0 Å². The Bertz CT molecular complexity index is 587. The van der Waals surface area contributed by atoms with Crippen LogP contribution in [0, 0.1) is 24.2 Å². The first-order chi connectivity index (χ1) is 11.6. The van der Waals surface area contributed by atoms with E-state index in [0.29, 0.717) is 0 Å². The van der Waals surface area contributed by atoms with Crippen molar-refractivity contribution in [2.75, 3.05) is 32.8 Å². The summed E-state index contributed by atoms with van der Waals surface area (Å²) in [6.07, 6.45) is 4.52. The molecule has 0 unspecified atom stereocenters.